The second-order valence-corrected chi connectivity index (χ2v) is 6.35. The molecule has 2 rings (SSSR count). The maximum Gasteiger partial charge on any atom is 0.129 e. The molecule has 106 valence electrons. The lowest BCUT2D eigenvalue weighted by atomic mass is 9.77. The average molecular weight is 284 g/mol. The Morgan fingerprint density at radius 1 is 1.37 bits per heavy atom. The Morgan fingerprint density at radius 3 is 2.63 bits per heavy atom. The SMILES string of the molecule is CCCNC(c1ccc(Cl)cc1F)C1(C)CCCC1. The van der Waals surface area contributed by atoms with E-state index in [2.05, 4.69) is 19.2 Å². The van der Waals surface area contributed by atoms with Crippen LogP contribution in [0, 0.1) is 11.2 Å². The molecule has 0 aliphatic heterocycles. The number of halogens is 2. The summed E-state index contributed by atoms with van der Waals surface area (Å²) in [5.74, 6) is -0.186. The van der Waals surface area contributed by atoms with Crippen LogP contribution in [0.2, 0.25) is 5.02 Å². The summed E-state index contributed by atoms with van der Waals surface area (Å²) in [6, 6.07) is 5.15. The molecule has 3 heteroatoms. The van der Waals surface area contributed by atoms with Crippen LogP contribution in [0.1, 0.15) is 57.6 Å². The van der Waals surface area contributed by atoms with Crippen molar-refractivity contribution in [3.05, 3.63) is 34.6 Å². The van der Waals surface area contributed by atoms with Crippen LogP contribution in [0.4, 0.5) is 4.39 Å². The smallest absolute Gasteiger partial charge is 0.129 e. The van der Waals surface area contributed by atoms with Crippen LogP contribution in [0.5, 0.6) is 0 Å². The van der Waals surface area contributed by atoms with Gasteiger partial charge in [-0.15, -0.1) is 0 Å². The number of hydrogen-bond acceptors (Lipinski definition) is 1. The zero-order chi connectivity index (χ0) is 13.9. The predicted molar refractivity (Wildman–Crippen MR) is 79.0 cm³/mol. The Kier molecular flexibility index (Phi) is 4.86. The first-order valence-corrected chi connectivity index (χ1v) is 7.63. The van der Waals surface area contributed by atoms with E-state index < -0.39 is 0 Å². The highest BCUT2D eigenvalue weighted by Crippen LogP contribution is 2.47. The van der Waals surface area contributed by atoms with Crippen LogP contribution in [-0.2, 0) is 0 Å². The monoisotopic (exact) mass is 283 g/mol. The van der Waals surface area contributed by atoms with Gasteiger partial charge in [-0.25, -0.2) is 4.39 Å². The van der Waals surface area contributed by atoms with Crippen molar-refractivity contribution >= 4 is 11.6 Å². The molecule has 0 amide bonds. The van der Waals surface area contributed by atoms with Crippen molar-refractivity contribution in [2.45, 2.75) is 52.0 Å². The summed E-state index contributed by atoms with van der Waals surface area (Å²) in [6.45, 7) is 5.34. The third-order valence-electron chi connectivity index (χ3n) is 4.31. The molecule has 1 nitrogen and oxygen atoms in total. The Balaban J connectivity index is 2.31. The van der Waals surface area contributed by atoms with Crippen molar-refractivity contribution in [2.75, 3.05) is 6.54 Å². The second kappa shape index (κ2) is 6.23. The lowest BCUT2D eigenvalue weighted by Crippen LogP contribution is -2.35. The van der Waals surface area contributed by atoms with Crippen molar-refractivity contribution < 1.29 is 4.39 Å². The molecule has 1 N–H and O–H groups in total. The van der Waals surface area contributed by atoms with Crippen molar-refractivity contribution in [2.24, 2.45) is 5.41 Å². The van der Waals surface area contributed by atoms with Gasteiger partial charge in [0.25, 0.3) is 0 Å². The molecule has 1 aromatic carbocycles. The maximum atomic E-state index is 14.2. The first kappa shape index (κ1) is 14.8. The molecule has 0 radical (unpaired) electrons. The normalized spacial score (nSPS) is 19.6. The Hall–Kier alpha value is -0.600. The minimum Gasteiger partial charge on any atom is -0.309 e. The summed E-state index contributed by atoms with van der Waals surface area (Å²) in [5.41, 5.74) is 0.923. The van der Waals surface area contributed by atoms with Gasteiger partial charge in [-0.05, 0) is 43.4 Å². The molecule has 0 saturated heterocycles. The van der Waals surface area contributed by atoms with Gasteiger partial charge >= 0.3 is 0 Å². The van der Waals surface area contributed by atoms with Gasteiger partial charge in [0, 0.05) is 16.6 Å². The molecule has 0 bridgehead atoms. The largest absolute Gasteiger partial charge is 0.309 e. The summed E-state index contributed by atoms with van der Waals surface area (Å²) in [7, 11) is 0. The Labute approximate surface area is 120 Å². The van der Waals surface area contributed by atoms with Gasteiger partial charge in [0.1, 0.15) is 5.82 Å². The molecule has 1 fully saturated rings. The van der Waals surface area contributed by atoms with Gasteiger partial charge in [-0.3, -0.25) is 0 Å². The van der Waals surface area contributed by atoms with Crippen molar-refractivity contribution in [3.8, 4) is 0 Å². The third kappa shape index (κ3) is 3.29. The zero-order valence-corrected chi connectivity index (χ0v) is 12.6. The fourth-order valence-electron chi connectivity index (χ4n) is 3.23. The highest BCUT2D eigenvalue weighted by molar-refractivity contribution is 6.30. The summed E-state index contributed by atoms with van der Waals surface area (Å²) in [5, 5.41) is 4.01. The van der Waals surface area contributed by atoms with Crippen LogP contribution < -0.4 is 5.32 Å². The summed E-state index contributed by atoms with van der Waals surface area (Å²) in [4.78, 5) is 0. The molecule has 1 aliphatic rings. The van der Waals surface area contributed by atoms with E-state index in [-0.39, 0.29) is 17.3 Å². The molecule has 1 atom stereocenters. The van der Waals surface area contributed by atoms with E-state index in [1.54, 1.807) is 6.07 Å². The third-order valence-corrected chi connectivity index (χ3v) is 4.55. The molecule has 1 saturated carbocycles. The molecular formula is C16H23ClFN. The molecule has 0 heterocycles. The summed E-state index contributed by atoms with van der Waals surface area (Å²) in [6.07, 6.45) is 5.88. The van der Waals surface area contributed by atoms with Crippen LogP contribution in [-0.4, -0.2) is 6.54 Å². The maximum absolute atomic E-state index is 14.2. The fourth-order valence-corrected chi connectivity index (χ4v) is 3.39. The Morgan fingerprint density at radius 2 is 2.05 bits per heavy atom. The standard InChI is InChI=1S/C16H23ClFN/c1-3-10-19-15(16(2)8-4-5-9-16)13-7-6-12(17)11-14(13)18/h6-7,11,15,19H,3-5,8-10H2,1-2H3. The summed E-state index contributed by atoms with van der Waals surface area (Å²) >= 11 is 5.86. The van der Waals surface area contributed by atoms with Gasteiger partial charge in [0.15, 0.2) is 0 Å². The van der Waals surface area contributed by atoms with Gasteiger partial charge in [0.05, 0.1) is 0 Å². The van der Waals surface area contributed by atoms with Gasteiger partial charge in [-0.1, -0.05) is 44.4 Å². The van der Waals surface area contributed by atoms with Crippen LogP contribution in [0.3, 0.4) is 0 Å². The van der Waals surface area contributed by atoms with E-state index in [0.29, 0.717) is 5.02 Å². The zero-order valence-electron chi connectivity index (χ0n) is 11.8. The molecular weight excluding hydrogens is 261 g/mol. The lowest BCUT2D eigenvalue weighted by molar-refractivity contribution is 0.219. The topological polar surface area (TPSA) is 12.0 Å². The van der Waals surface area contributed by atoms with E-state index in [1.165, 1.54) is 18.9 Å². The number of benzene rings is 1. The molecule has 19 heavy (non-hydrogen) atoms. The van der Waals surface area contributed by atoms with E-state index in [1.807, 2.05) is 6.07 Å². The quantitative estimate of drug-likeness (QED) is 0.793. The van der Waals surface area contributed by atoms with Gasteiger partial charge in [-0.2, -0.15) is 0 Å². The minimum atomic E-state index is -0.186. The van der Waals surface area contributed by atoms with E-state index in [0.717, 1.165) is 31.4 Å². The van der Waals surface area contributed by atoms with Gasteiger partial charge in [0.2, 0.25) is 0 Å². The average Bonchev–Trinajstić information content (AvgIpc) is 2.80. The lowest BCUT2D eigenvalue weighted by Gasteiger charge is -2.35. The Bertz CT molecular complexity index is 427. The number of hydrogen-bond donors (Lipinski definition) is 1. The first-order valence-electron chi connectivity index (χ1n) is 7.25. The molecule has 0 spiro atoms. The molecule has 0 aromatic heterocycles. The van der Waals surface area contributed by atoms with Crippen LogP contribution >= 0.6 is 11.6 Å². The highest BCUT2D eigenvalue weighted by Gasteiger charge is 2.38. The van der Waals surface area contributed by atoms with E-state index in [4.69, 9.17) is 11.6 Å². The number of rotatable bonds is 5. The van der Waals surface area contributed by atoms with Crippen LogP contribution in [0.15, 0.2) is 18.2 Å². The first-order chi connectivity index (χ1) is 9.07. The van der Waals surface area contributed by atoms with Crippen molar-refractivity contribution in [3.63, 3.8) is 0 Å². The molecule has 1 aliphatic carbocycles. The van der Waals surface area contributed by atoms with E-state index >= 15 is 0 Å². The summed E-state index contributed by atoms with van der Waals surface area (Å²) < 4.78 is 14.2. The number of nitrogens with one attached hydrogen (secondary N) is 1. The molecule has 1 aromatic rings. The van der Waals surface area contributed by atoms with Crippen LogP contribution in [0.25, 0.3) is 0 Å². The minimum absolute atomic E-state index is 0.0900. The van der Waals surface area contributed by atoms with E-state index in [9.17, 15) is 4.39 Å². The fraction of sp³-hybridized carbons (Fsp3) is 0.625. The predicted octanol–water partition coefficient (Wildman–Crippen LogP) is 5.10. The van der Waals surface area contributed by atoms with Crippen molar-refractivity contribution in [1.29, 1.82) is 0 Å². The van der Waals surface area contributed by atoms with Crippen molar-refractivity contribution in [1.82, 2.24) is 5.32 Å². The second-order valence-electron chi connectivity index (χ2n) is 5.91. The van der Waals surface area contributed by atoms with Gasteiger partial charge < -0.3 is 5.32 Å². The highest BCUT2D eigenvalue weighted by atomic mass is 35.5. The molecule has 1 unspecified atom stereocenters.